The van der Waals surface area contributed by atoms with Gasteiger partial charge in [0.15, 0.2) is 0 Å². The lowest BCUT2D eigenvalue weighted by molar-refractivity contribution is 0.116. The van der Waals surface area contributed by atoms with E-state index in [-0.39, 0.29) is 0 Å². The Morgan fingerprint density at radius 2 is 2.11 bits per heavy atom. The van der Waals surface area contributed by atoms with E-state index in [1.165, 1.54) is 25.7 Å². The third-order valence-corrected chi connectivity index (χ3v) is 2.95. The van der Waals surface area contributed by atoms with Gasteiger partial charge in [0.2, 0.25) is 0 Å². The normalized spacial score (nSPS) is 10.5. The van der Waals surface area contributed by atoms with Crippen LogP contribution in [0.2, 0.25) is 0 Å². The molecule has 0 aliphatic heterocycles. The van der Waals surface area contributed by atoms with E-state index in [9.17, 15) is 0 Å². The standard InChI is InChI=1S/C14H22N2OS/c1-2-3-4-5-6-9-17-11-12-7-8-16-13(10-12)14(15)18/h7-8,10H,2-6,9,11H2,1H3,(H2,15,18). The lowest BCUT2D eigenvalue weighted by atomic mass is 10.2. The van der Waals surface area contributed by atoms with Gasteiger partial charge in [0.05, 0.1) is 12.3 Å². The number of ether oxygens (including phenoxy) is 1. The number of hydrogen-bond acceptors (Lipinski definition) is 3. The van der Waals surface area contributed by atoms with Gasteiger partial charge in [-0.05, 0) is 24.1 Å². The topological polar surface area (TPSA) is 48.1 Å². The summed E-state index contributed by atoms with van der Waals surface area (Å²) in [4.78, 5) is 4.43. The van der Waals surface area contributed by atoms with E-state index in [1.807, 2.05) is 12.1 Å². The Hall–Kier alpha value is -1.00. The molecular weight excluding hydrogens is 244 g/mol. The second kappa shape index (κ2) is 9.00. The number of aromatic nitrogens is 1. The van der Waals surface area contributed by atoms with E-state index in [2.05, 4.69) is 11.9 Å². The summed E-state index contributed by atoms with van der Waals surface area (Å²) in [5, 5.41) is 0. The van der Waals surface area contributed by atoms with Crippen LogP contribution < -0.4 is 5.73 Å². The van der Waals surface area contributed by atoms with Crippen LogP contribution in [0.1, 0.15) is 50.3 Å². The first-order valence-electron chi connectivity index (χ1n) is 6.56. The molecule has 0 amide bonds. The summed E-state index contributed by atoms with van der Waals surface area (Å²) in [6, 6.07) is 3.82. The first-order valence-corrected chi connectivity index (χ1v) is 6.97. The average Bonchev–Trinajstić information content (AvgIpc) is 2.38. The maximum Gasteiger partial charge on any atom is 0.122 e. The molecule has 0 unspecified atom stereocenters. The highest BCUT2D eigenvalue weighted by atomic mass is 32.1. The van der Waals surface area contributed by atoms with E-state index >= 15 is 0 Å². The van der Waals surface area contributed by atoms with Crippen LogP contribution in [0.5, 0.6) is 0 Å². The Morgan fingerprint density at radius 3 is 2.83 bits per heavy atom. The van der Waals surface area contributed by atoms with Crippen molar-refractivity contribution in [2.24, 2.45) is 5.73 Å². The fourth-order valence-corrected chi connectivity index (χ4v) is 1.81. The molecule has 0 fully saturated rings. The second-order valence-corrected chi connectivity index (χ2v) is 4.82. The molecule has 0 spiro atoms. The minimum atomic E-state index is 0.330. The van der Waals surface area contributed by atoms with Gasteiger partial charge in [-0.3, -0.25) is 4.98 Å². The summed E-state index contributed by atoms with van der Waals surface area (Å²) in [5.74, 6) is 0. The van der Waals surface area contributed by atoms with Crippen molar-refractivity contribution in [3.63, 3.8) is 0 Å². The Balaban J connectivity index is 2.19. The molecule has 0 saturated carbocycles. The molecule has 3 nitrogen and oxygen atoms in total. The molecule has 0 bridgehead atoms. The van der Waals surface area contributed by atoms with Gasteiger partial charge in [-0.25, -0.2) is 0 Å². The zero-order valence-corrected chi connectivity index (χ0v) is 11.8. The van der Waals surface area contributed by atoms with Crippen molar-refractivity contribution >= 4 is 17.2 Å². The molecular formula is C14H22N2OS. The predicted molar refractivity (Wildman–Crippen MR) is 78.5 cm³/mol. The number of nitrogens with zero attached hydrogens (tertiary/aromatic N) is 1. The van der Waals surface area contributed by atoms with Gasteiger partial charge in [0, 0.05) is 12.8 Å². The summed E-state index contributed by atoms with van der Waals surface area (Å²) in [7, 11) is 0. The molecule has 1 heterocycles. The minimum Gasteiger partial charge on any atom is -0.388 e. The second-order valence-electron chi connectivity index (χ2n) is 4.38. The fourth-order valence-electron chi connectivity index (χ4n) is 1.70. The van der Waals surface area contributed by atoms with Crippen molar-refractivity contribution in [1.82, 2.24) is 4.98 Å². The zero-order valence-electron chi connectivity index (χ0n) is 11.0. The number of thiocarbonyl (C=S) groups is 1. The smallest absolute Gasteiger partial charge is 0.122 e. The van der Waals surface area contributed by atoms with Crippen molar-refractivity contribution in [3.8, 4) is 0 Å². The molecule has 18 heavy (non-hydrogen) atoms. The van der Waals surface area contributed by atoms with Crippen molar-refractivity contribution in [2.45, 2.75) is 45.6 Å². The van der Waals surface area contributed by atoms with Crippen LogP contribution in [0.3, 0.4) is 0 Å². The molecule has 0 aromatic carbocycles. The number of pyridine rings is 1. The van der Waals surface area contributed by atoms with Gasteiger partial charge < -0.3 is 10.5 Å². The summed E-state index contributed by atoms with van der Waals surface area (Å²) >= 11 is 4.89. The van der Waals surface area contributed by atoms with Gasteiger partial charge in [0.25, 0.3) is 0 Å². The Kier molecular flexibility index (Phi) is 7.53. The monoisotopic (exact) mass is 266 g/mol. The number of hydrogen-bond donors (Lipinski definition) is 1. The van der Waals surface area contributed by atoms with Crippen molar-refractivity contribution in [3.05, 3.63) is 29.6 Å². The number of rotatable bonds is 9. The summed E-state index contributed by atoms with van der Waals surface area (Å²) < 4.78 is 5.62. The Morgan fingerprint density at radius 1 is 1.33 bits per heavy atom. The van der Waals surface area contributed by atoms with Gasteiger partial charge in [0.1, 0.15) is 4.99 Å². The van der Waals surface area contributed by atoms with Crippen LogP contribution >= 0.6 is 12.2 Å². The first kappa shape index (κ1) is 15.1. The molecule has 0 aliphatic carbocycles. The quantitative estimate of drug-likeness (QED) is 0.551. The number of nitrogens with two attached hydrogens (primary N) is 1. The fraction of sp³-hybridized carbons (Fsp3) is 0.571. The van der Waals surface area contributed by atoms with E-state index in [0.29, 0.717) is 17.3 Å². The van der Waals surface area contributed by atoms with Gasteiger partial charge >= 0.3 is 0 Å². The van der Waals surface area contributed by atoms with Gasteiger partial charge in [-0.15, -0.1) is 0 Å². The summed E-state index contributed by atoms with van der Waals surface area (Å²) in [6.07, 6.45) is 8.01. The molecule has 1 rings (SSSR count). The highest BCUT2D eigenvalue weighted by molar-refractivity contribution is 7.80. The van der Waals surface area contributed by atoms with Gasteiger partial charge in [-0.1, -0.05) is 44.8 Å². The van der Waals surface area contributed by atoms with E-state index in [1.54, 1.807) is 6.20 Å². The van der Waals surface area contributed by atoms with Crippen LogP contribution in [0.4, 0.5) is 0 Å². The third-order valence-electron chi connectivity index (χ3n) is 2.74. The van der Waals surface area contributed by atoms with E-state index < -0.39 is 0 Å². The largest absolute Gasteiger partial charge is 0.388 e. The number of unbranched alkanes of at least 4 members (excludes halogenated alkanes) is 4. The van der Waals surface area contributed by atoms with Crippen molar-refractivity contribution < 1.29 is 4.74 Å². The molecule has 4 heteroatoms. The van der Waals surface area contributed by atoms with Crippen molar-refractivity contribution in [2.75, 3.05) is 6.61 Å². The molecule has 0 aliphatic rings. The molecule has 2 N–H and O–H groups in total. The molecule has 1 aromatic heterocycles. The molecule has 1 aromatic rings. The summed E-state index contributed by atoms with van der Waals surface area (Å²) in [5.41, 5.74) is 7.27. The molecule has 0 atom stereocenters. The zero-order chi connectivity index (χ0) is 13.2. The maximum atomic E-state index is 5.62. The third kappa shape index (κ3) is 6.07. The Bertz CT molecular complexity index is 369. The Labute approximate surface area is 115 Å². The van der Waals surface area contributed by atoms with Crippen LogP contribution in [-0.4, -0.2) is 16.6 Å². The van der Waals surface area contributed by atoms with Gasteiger partial charge in [-0.2, -0.15) is 0 Å². The first-order chi connectivity index (χ1) is 8.74. The van der Waals surface area contributed by atoms with E-state index in [0.717, 1.165) is 18.6 Å². The molecule has 100 valence electrons. The van der Waals surface area contributed by atoms with Crippen LogP contribution in [0.15, 0.2) is 18.3 Å². The summed E-state index contributed by atoms with van der Waals surface area (Å²) in [6.45, 7) is 3.64. The minimum absolute atomic E-state index is 0.330. The molecule has 0 radical (unpaired) electrons. The highest BCUT2D eigenvalue weighted by Crippen LogP contribution is 2.06. The van der Waals surface area contributed by atoms with Crippen LogP contribution in [0, 0.1) is 0 Å². The van der Waals surface area contributed by atoms with Crippen molar-refractivity contribution in [1.29, 1.82) is 0 Å². The average molecular weight is 266 g/mol. The van der Waals surface area contributed by atoms with Crippen LogP contribution in [0.25, 0.3) is 0 Å². The van der Waals surface area contributed by atoms with E-state index in [4.69, 9.17) is 22.7 Å². The SMILES string of the molecule is CCCCCCCOCc1ccnc(C(N)=S)c1. The lowest BCUT2D eigenvalue weighted by Gasteiger charge is -2.05. The predicted octanol–water partition coefficient (Wildman–Crippen LogP) is 3.20. The maximum absolute atomic E-state index is 5.62. The highest BCUT2D eigenvalue weighted by Gasteiger charge is 2.00. The molecule has 0 saturated heterocycles. The van der Waals surface area contributed by atoms with Crippen LogP contribution in [-0.2, 0) is 11.3 Å². The lowest BCUT2D eigenvalue weighted by Crippen LogP contribution is -2.11.